The van der Waals surface area contributed by atoms with E-state index in [-0.39, 0.29) is 23.2 Å². The molecule has 5 heteroatoms. The monoisotopic (exact) mass is 339 g/mol. The lowest BCUT2D eigenvalue weighted by Crippen LogP contribution is -2.32. The second kappa shape index (κ2) is 6.97. The van der Waals surface area contributed by atoms with Gasteiger partial charge >= 0.3 is 0 Å². The second-order valence-corrected chi connectivity index (χ2v) is 6.31. The minimum Gasteiger partial charge on any atom is -0.294 e. The van der Waals surface area contributed by atoms with Crippen molar-refractivity contribution in [3.8, 4) is 0 Å². The number of hydrogen-bond acceptors (Lipinski definition) is 3. The molecule has 1 saturated carbocycles. The Labute approximate surface area is 126 Å². The Hall–Kier alpha value is -1.23. The van der Waals surface area contributed by atoms with Gasteiger partial charge in [-0.1, -0.05) is 47.3 Å². The Balaban J connectivity index is 2.18. The van der Waals surface area contributed by atoms with Crippen molar-refractivity contribution < 1.29 is 9.72 Å². The SMILES string of the molecule is O=C(c1ccc(Br)cc1)C(C[N+](=O)[O-])C1CCCCC1. The fourth-order valence-corrected chi connectivity index (χ4v) is 3.24. The molecule has 1 fully saturated rings. The van der Waals surface area contributed by atoms with Crippen molar-refractivity contribution in [2.75, 3.05) is 6.54 Å². The van der Waals surface area contributed by atoms with E-state index in [1.54, 1.807) is 24.3 Å². The van der Waals surface area contributed by atoms with Gasteiger partial charge in [-0.05, 0) is 30.9 Å². The Morgan fingerprint density at radius 1 is 1.25 bits per heavy atom. The fraction of sp³-hybridized carbons (Fsp3) is 0.533. The molecular formula is C15H18BrNO3. The summed E-state index contributed by atoms with van der Waals surface area (Å²) < 4.78 is 0.901. The molecule has 0 spiro atoms. The van der Waals surface area contributed by atoms with Gasteiger partial charge in [0.05, 0.1) is 5.92 Å². The summed E-state index contributed by atoms with van der Waals surface area (Å²) in [6, 6.07) is 7.08. The van der Waals surface area contributed by atoms with E-state index in [4.69, 9.17) is 0 Å². The summed E-state index contributed by atoms with van der Waals surface area (Å²) in [6.45, 7) is -0.250. The molecule has 0 aromatic heterocycles. The molecule has 1 atom stereocenters. The summed E-state index contributed by atoms with van der Waals surface area (Å²) in [5.74, 6) is -0.405. The summed E-state index contributed by atoms with van der Waals surface area (Å²) in [5.41, 5.74) is 0.575. The lowest BCUT2D eigenvalue weighted by molar-refractivity contribution is -0.487. The van der Waals surface area contributed by atoms with Crippen LogP contribution < -0.4 is 0 Å². The summed E-state index contributed by atoms with van der Waals surface area (Å²) in [4.78, 5) is 23.1. The van der Waals surface area contributed by atoms with Crippen LogP contribution in [-0.4, -0.2) is 17.3 Å². The fourth-order valence-electron chi connectivity index (χ4n) is 2.97. The largest absolute Gasteiger partial charge is 0.294 e. The van der Waals surface area contributed by atoms with Crippen LogP contribution in [0.4, 0.5) is 0 Å². The van der Waals surface area contributed by atoms with Crippen molar-refractivity contribution in [3.05, 3.63) is 44.4 Å². The van der Waals surface area contributed by atoms with Crippen LogP contribution in [0.25, 0.3) is 0 Å². The van der Waals surface area contributed by atoms with Gasteiger partial charge < -0.3 is 0 Å². The lowest BCUT2D eigenvalue weighted by atomic mass is 9.77. The Morgan fingerprint density at radius 3 is 2.40 bits per heavy atom. The second-order valence-electron chi connectivity index (χ2n) is 5.39. The van der Waals surface area contributed by atoms with E-state index < -0.39 is 5.92 Å². The summed E-state index contributed by atoms with van der Waals surface area (Å²) >= 11 is 3.33. The van der Waals surface area contributed by atoms with Crippen molar-refractivity contribution in [2.45, 2.75) is 32.1 Å². The van der Waals surface area contributed by atoms with Crippen LogP contribution in [0.1, 0.15) is 42.5 Å². The third kappa shape index (κ3) is 3.88. The molecule has 1 aromatic rings. The molecular weight excluding hydrogens is 322 g/mol. The number of halogens is 1. The molecule has 0 aliphatic heterocycles. The predicted molar refractivity (Wildman–Crippen MR) is 80.4 cm³/mol. The zero-order chi connectivity index (χ0) is 14.5. The van der Waals surface area contributed by atoms with Gasteiger partial charge in [0.2, 0.25) is 6.54 Å². The number of hydrogen-bond donors (Lipinski definition) is 0. The average molecular weight is 340 g/mol. The molecule has 0 heterocycles. The molecule has 20 heavy (non-hydrogen) atoms. The minimum atomic E-state index is -0.480. The van der Waals surface area contributed by atoms with Crippen molar-refractivity contribution >= 4 is 21.7 Å². The molecule has 108 valence electrons. The van der Waals surface area contributed by atoms with E-state index in [1.165, 1.54) is 6.42 Å². The molecule has 0 N–H and O–H groups in total. The molecule has 1 aliphatic rings. The van der Waals surface area contributed by atoms with Crippen LogP contribution >= 0.6 is 15.9 Å². The van der Waals surface area contributed by atoms with Crippen LogP contribution in [0.15, 0.2) is 28.7 Å². The standard InChI is InChI=1S/C15H18BrNO3/c16-13-8-6-12(7-9-13)15(18)14(10-17(19)20)11-4-2-1-3-5-11/h6-9,11,14H,1-5,10H2. The highest BCUT2D eigenvalue weighted by Crippen LogP contribution is 2.32. The highest BCUT2D eigenvalue weighted by molar-refractivity contribution is 9.10. The molecule has 0 bridgehead atoms. The highest BCUT2D eigenvalue weighted by Gasteiger charge is 2.33. The van der Waals surface area contributed by atoms with Crippen molar-refractivity contribution in [2.24, 2.45) is 11.8 Å². The molecule has 0 saturated heterocycles. The van der Waals surface area contributed by atoms with Crippen LogP contribution in [0.5, 0.6) is 0 Å². The number of Topliss-reactive ketones (excluding diaryl/α,β-unsaturated/α-hetero) is 1. The van der Waals surface area contributed by atoms with Gasteiger partial charge in [0.15, 0.2) is 5.78 Å². The first kappa shape index (κ1) is 15.2. The summed E-state index contributed by atoms with van der Waals surface area (Å²) in [6.07, 6.45) is 5.19. The van der Waals surface area contributed by atoms with Crippen molar-refractivity contribution in [1.82, 2.24) is 0 Å². The van der Waals surface area contributed by atoms with Gasteiger partial charge in [-0.3, -0.25) is 14.9 Å². The van der Waals surface area contributed by atoms with Crippen LogP contribution in [0, 0.1) is 22.0 Å². The van der Waals surface area contributed by atoms with Gasteiger partial charge in [-0.25, -0.2) is 0 Å². The molecule has 1 aliphatic carbocycles. The molecule has 0 radical (unpaired) electrons. The smallest absolute Gasteiger partial charge is 0.214 e. The maximum Gasteiger partial charge on any atom is 0.214 e. The van der Waals surface area contributed by atoms with Gasteiger partial charge in [0.25, 0.3) is 0 Å². The zero-order valence-electron chi connectivity index (χ0n) is 11.3. The molecule has 0 amide bonds. The lowest BCUT2D eigenvalue weighted by Gasteiger charge is -2.26. The Bertz CT molecular complexity index is 480. The molecule has 2 rings (SSSR count). The highest BCUT2D eigenvalue weighted by atomic mass is 79.9. The van der Waals surface area contributed by atoms with Gasteiger partial charge in [-0.15, -0.1) is 0 Å². The average Bonchev–Trinajstić information content (AvgIpc) is 2.45. The maximum absolute atomic E-state index is 12.6. The van der Waals surface area contributed by atoms with Crippen molar-refractivity contribution in [1.29, 1.82) is 0 Å². The third-order valence-corrected chi connectivity index (χ3v) is 4.56. The molecule has 4 nitrogen and oxygen atoms in total. The Morgan fingerprint density at radius 2 is 1.85 bits per heavy atom. The number of carbonyl (C=O) groups is 1. The van der Waals surface area contributed by atoms with E-state index >= 15 is 0 Å². The first-order valence-corrected chi connectivity index (χ1v) is 7.79. The first-order valence-electron chi connectivity index (χ1n) is 6.99. The minimum absolute atomic E-state index is 0.0823. The topological polar surface area (TPSA) is 60.2 Å². The summed E-state index contributed by atoms with van der Waals surface area (Å²) in [5, 5.41) is 10.9. The maximum atomic E-state index is 12.6. The zero-order valence-corrected chi connectivity index (χ0v) is 12.8. The molecule has 1 unspecified atom stereocenters. The number of carbonyl (C=O) groups excluding carboxylic acids is 1. The number of benzene rings is 1. The predicted octanol–water partition coefficient (Wildman–Crippen LogP) is 4.11. The van der Waals surface area contributed by atoms with E-state index in [0.717, 1.165) is 30.2 Å². The number of nitrogens with zero attached hydrogens (tertiary/aromatic N) is 1. The number of nitro groups is 1. The van der Waals surface area contributed by atoms with E-state index in [0.29, 0.717) is 5.56 Å². The van der Waals surface area contributed by atoms with E-state index in [1.807, 2.05) is 0 Å². The van der Waals surface area contributed by atoms with Gasteiger partial charge in [-0.2, -0.15) is 0 Å². The van der Waals surface area contributed by atoms with Crippen LogP contribution in [0.3, 0.4) is 0 Å². The normalized spacial score (nSPS) is 17.6. The van der Waals surface area contributed by atoms with E-state index in [9.17, 15) is 14.9 Å². The number of ketones is 1. The quantitative estimate of drug-likeness (QED) is 0.460. The molecule has 1 aromatic carbocycles. The number of rotatable bonds is 5. The third-order valence-electron chi connectivity index (χ3n) is 4.03. The van der Waals surface area contributed by atoms with E-state index in [2.05, 4.69) is 15.9 Å². The van der Waals surface area contributed by atoms with Crippen molar-refractivity contribution in [3.63, 3.8) is 0 Å². The first-order chi connectivity index (χ1) is 9.58. The van der Waals surface area contributed by atoms with Gasteiger partial charge in [0, 0.05) is 15.0 Å². The van der Waals surface area contributed by atoms with Gasteiger partial charge in [0.1, 0.15) is 0 Å². The Kier molecular flexibility index (Phi) is 5.29. The summed E-state index contributed by atoms with van der Waals surface area (Å²) in [7, 11) is 0. The van der Waals surface area contributed by atoms with Crippen LogP contribution in [-0.2, 0) is 0 Å². The van der Waals surface area contributed by atoms with Crippen LogP contribution in [0.2, 0.25) is 0 Å².